The van der Waals surface area contributed by atoms with Crippen LogP contribution in [-0.4, -0.2) is 36.7 Å². The van der Waals surface area contributed by atoms with Crippen LogP contribution in [0.1, 0.15) is 24.2 Å². The minimum absolute atomic E-state index is 0.0154. The molecule has 148 valence electrons. The van der Waals surface area contributed by atoms with E-state index in [1.54, 1.807) is 42.7 Å². The standard InChI is InChI=1S/C21H21N5O2S/c1-4-13-26-19(17-9-11-22-12-10-17)24-25-21(26)29-15(3)20(28)23-18-7-5-16(6-8-18)14(2)27/h4-12,15H,1,13H2,2-3H3,(H,23,28)/t15-/m1/s1. The van der Waals surface area contributed by atoms with Crippen molar-refractivity contribution in [1.82, 2.24) is 19.7 Å². The highest BCUT2D eigenvalue weighted by Crippen LogP contribution is 2.27. The van der Waals surface area contributed by atoms with Crippen LogP contribution in [0.25, 0.3) is 11.4 Å². The van der Waals surface area contributed by atoms with E-state index in [4.69, 9.17) is 0 Å². The highest BCUT2D eigenvalue weighted by molar-refractivity contribution is 8.00. The lowest BCUT2D eigenvalue weighted by Crippen LogP contribution is -2.23. The normalized spacial score (nSPS) is 11.7. The molecule has 8 heteroatoms. The van der Waals surface area contributed by atoms with E-state index in [1.165, 1.54) is 18.7 Å². The molecule has 1 amide bonds. The average Bonchev–Trinajstić information content (AvgIpc) is 3.11. The van der Waals surface area contributed by atoms with Crippen LogP contribution in [0.15, 0.2) is 66.6 Å². The molecular formula is C21H21N5O2S. The molecule has 3 rings (SSSR count). The Bertz CT molecular complexity index is 1020. The molecule has 0 radical (unpaired) electrons. The van der Waals surface area contributed by atoms with Crippen molar-refractivity contribution in [2.75, 3.05) is 5.32 Å². The van der Waals surface area contributed by atoms with E-state index >= 15 is 0 Å². The Balaban J connectivity index is 1.73. The van der Waals surface area contributed by atoms with E-state index in [1.807, 2.05) is 23.6 Å². The summed E-state index contributed by atoms with van der Waals surface area (Å²) in [6, 6.07) is 10.5. The van der Waals surface area contributed by atoms with Gasteiger partial charge in [0.1, 0.15) is 0 Å². The lowest BCUT2D eigenvalue weighted by atomic mass is 10.1. The second kappa shape index (κ2) is 9.29. The number of amides is 1. The Morgan fingerprint density at radius 2 is 1.86 bits per heavy atom. The summed E-state index contributed by atoms with van der Waals surface area (Å²) in [7, 11) is 0. The second-order valence-electron chi connectivity index (χ2n) is 6.32. The molecule has 0 aliphatic rings. The van der Waals surface area contributed by atoms with Gasteiger partial charge in [0, 0.05) is 35.8 Å². The topological polar surface area (TPSA) is 89.8 Å². The maximum Gasteiger partial charge on any atom is 0.237 e. The summed E-state index contributed by atoms with van der Waals surface area (Å²) in [5, 5.41) is 11.6. The number of rotatable bonds is 8. The molecule has 3 aromatic rings. The summed E-state index contributed by atoms with van der Waals surface area (Å²) in [6.45, 7) is 7.64. The first kappa shape index (κ1) is 20.5. The summed E-state index contributed by atoms with van der Waals surface area (Å²) >= 11 is 1.32. The second-order valence-corrected chi connectivity index (χ2v) is 7.63. The van der Waals surface area contributed by atoms with E-state index in [2.05, 4.69) is 27.1 Å². The predicted molar refractivity (Wildman–Crippen MR) is 114 cm³/mol. The molecule has 2 aromatic heterocycles. The third-order valence-corrected chi connectivity index (χ3v) is 5.26. The third kappa shape index (κ3) is 4.97. The molecule has 0 fully saturated rings. The zero-order chi connectivity index (χ0) is 20.8. The fraction of sp³-hybridized carbons (Fsp3) is 0.190. The molecular weight excluding hydrogens is 386 g/mol. The Morgan fingerprint density at radius 3 is 2.48 bits per heavy atom. The molecule has 0 aliphatic carbocycles. The number of nitrogens with one attached hydrogen (secondary N) is 1. The van der Waals surface area contributed by atoms with Crippen LogP contribution in [0.2, 0.25) is 0 Å². The first-order valence-electron chi connectivity index (χ1n) is 9.02. The number of hydrogen-bond donors (Lipinski definition) is 1. The number of anilines is 1. The molecule has 0 spiro atoms. The number of carbonyl (C=O) groups excluding carboxylic acids is 2. The van der Waals surface area contributed by atoms with Crippen LogP contribution in [-0.2, 0) is 11.3 Å². The van der Waals surface area contributed by atoms with Crippen LogP contribution in [0, 0.1) is 0 Å². The van der Waals surface area contributed by atoms with Crippen molar-refractivity contribution in [2.24, 2.45) is 0 Å². The fourth-order valence-electron chi connectivity index (χ4n) is 2.63. The maximum absolute atomic E-state index is 12.6. The van der Waals surface area contributed by atoms with E-state index in [9.17, 15) is 9.59 Å². The van der Waals surface area contributed by atoms with Gasteiger partial charge in [0.15, 0.2) is 16.8 Å². The smallest absolute Gasteiger partial charge is 0.237 e. The van der Waals surface area contributed by atoms with E-state index < -0.39 is 5.25 Å². The van der Waals surface area contributed by atoms with Crippen LogP contribution >= 0.6 is 11.8 Å². The SMILES string of the molecule is C=CCn1c(S[C@H](C)C(=O)Nc2ccc(C(C)=O)cc2)nnc1-c1ccncc1. The van der Waals surface area contributed by atoms with Crippen LogP contribution < -0.4 is 5.32 Å². The first-order chi connectivity index (χ1) is 14.0. The van der Waals surface area contributed by atoms with Crippen molar-refractivity contribution >= 4 is 29.1 Å². The monoisotopic (exact) mass is 407 g/mol. The maximum atomic E-state index is 12.6. The number of hydrogen-bond acceptors (Lipinski definition) is 6. The van der Waals surface area contributed by atoms with Gasteiger partial charge in [0.25, 0.3) is 0 Å². The number of benzene rings is 1. The minimum atomic E-state index is -0.402. The quantitative estimate of drug-likeness (QED) is 0.347. The summed E-state index contributed by atoms with van der Waals surface area (Å²) < 4.78 is 1.92. The van der Waals surface area contributed by atoms with Crippen LogP contribution in [0.4, 0.5) is 5.69 Å². The van der Waals surface area contributed by atoms with Gasteiger partial charge in [-0.25, -0.2) is 0 Å². The van der Waals surface area contributed by atoms with Gasteiger partial charge in [-0.15, -0.1) is 16.8 Å². The van der Waals surface area contributed by atoms with Gasteiger partial charge < -0.3 is 5.32 Å². The molecule has 0 unspecified atom stereocenters. The predicted octanol–water partition coefficient (Wildman–Crippen LogP) is 3.85. The fourth-order valence-corrected chi connectivity index (χ4v) is 3.49. The molecule has 29 heavy (non-hydrogen) atoms. The summed E-state index contributed by atoms with van der Waals surface area (Å²) in [5.41, 5.74) is 2.13. The number of aromatic nitrogens is 4. The number of allylic oxidation sites excluding steroid dienone is 1. The van der Waals surface area contributed by atoms with Gasteiger partial charge >= 0.3 is 0 Å². The lowest BCUT2D eigenvalue weighted by Gasteiger charge is -2.13. The van der Waals surface area contributed by atoms with Crippen LogP contribution in [0.5, 0.6) is 0 Å². The zero-order valence-corrected chi connectivity index (χ0v) is 17.0. The highest BCUT2D eigenvalue weighted by Gasteiger charge is 2.20. The lowest BCUT2D eigenvalue weighted by molar-refractivity contribution is -0.115. The first-order valence-corrected chi connectivity index (χ1v) is 9.90. The molecule has 2 heterocycles. The molecule has 7 nitrogen and oxygen atoms in total. The third-order valence-electron chi connectivity index (χ3n) is 4.18. The highest BCUT2D eigenvalue weighted by atomic mass is 32.2. The van der Waals surface area contributed by atoms with Gasteiger partial charge in [-0.05, 0) is 50.2 Å². The van der Waals surface area contributed by atoms with E-state index in [-0.39, 0.29) is 11.7 Å². The Labute approximate surface area is 173 Å². The Kier molecular flexibility index (Phi) is 6.56. The molecule has 1 atom stereocenters. The number of thioether (sulfide) groups is 1. The van der Waals surface area contributed by atoms with Gasteiger partial charge in [0.05, 0.1) is 5.25 Å². The van der Waals surface area contributed by atoms with Gasteiger partial charge in [-0.2, -0.15) is 0 Å². The van der Waals surface area contributed by atoms with Gasteiger partial charge in [-0.3, -0.25) is 19.1 Å². The molecule has 1 N–H and O–H groups in total. The van der Waals surface area contributed by atoms with Gasteiger partial charge in [0.2, 0.25) is 5.91 Å². The number of carbonyl (C=O) groups is 2. The zero-order valence-electron chi connectivity index (χ0n) is 16.2. The van der Waals surface area contributed by atoms with Crippen molar-refractivity contribution < 1.29 is 9.59 Å². The van der Waals surface area contributed by atoms with Gasteiger partial charge in [-0.1, -0.05) is 17.8 Å². The van der Waals surface area contributed by atoms with Crippen molar-refractivity contribution in [3.8, 4) is 11.4 Å². The number of pyridine rings is 1. The summed E-state index contributed by atoms with van der Waals surface area (Å²) in [5.74, 6) is 0.518. The Morgan fingerprint density at radius 1 is 1.17 bits per heavy atom. The Hall–Kier alpha value is -3.26. The van der Waals surface area contributed by atoms with Crippen molar-refractivity contribution in [3.05, 3.63) is 67.0 Å². The average molecular weight is 407 g/mol. The molecule has 0 aliphatic heterocycles. The van der Waals surface area contributed by atoms with E-state index in [0.717, 1.165) is 5.56 Å². The number of nitrogens with zero attached hydrogens (tertiary/aromatic N) is 4. The summed E-state index contributed by atoms with van der Waals surface area (Å²) in [4.78, 5) is 28.0. The number of ketones is 1. The molecule has 1 aromatic carbocycles. The summed E-state index contributed by atoms with van der Waals surface area (Å²) in [6.07, 6.45) is 5.16. The minimum Gasteiger partial charge on any atom is -0.325 e. The largest absolute Gasteiger partial charge is 0.325 e. The molecule has 0 bridgehead atoms. The van der Waals surface area contributed by atoms with E-state index in [0.29, 0.717) is 28.8 Å². The van der Waals surface area contributed by atoms with Crippen LogP contribution in [0.3, 0.4) is 0 Å². The number of Topliss-reactive ketones (excluding diaryl/α,β-unsaturated/α-hetero) is 1. The van der Waals surface area contributed by atoms with Crippen molar-refractivity contribution in [2.45, 2.75) is 30.8 Å². The van der Waals surface area contributed by atoms with Crippen molar-refractivity contribution in [1.29, 1.82) is 0 Å². The molecule has 0 saturated heterocycles. The van der Waals surface area contributed by atoms with Crippen molar-refractivity contribution in [3.63, 3.8) is 0 Å². The molecule has 0 saturated carbocycles.